The molecule has 43 heavy (non-hydrogen) atoms. The highest BCUT2D eigenvalue weighted by atomic mass is 32.1. The van der Waals surface area contributed by atoms with E-state index in [1.54, 1.807) is 0 Å². The van der Waals surface area contributed by atoms with Crippen LogP contribution >= 0.6 is 11.3 Å². The Labute approximate surface area is 255 Å². The normalized spacial score (nSPS) is 18.0. The Morgan fingerprint density at radius 2 is 1.86 bits per heavy atom. The Balaban J connectivity index is 1.14. The quantitative estimate of drug-likeness (QED) is 0.310. The standard InChI is InChI=1S/C32H36N8O2S/c1-5-40-29(37(4)31-35-27(26(15-33)43-31)22-8-6-20(2)7-9-22)24-14-25(21(3)34-28(24)36-40)38-16-32(17-38)18-39(19-32)30(41)23-10-12-42-13-11-23/h6-9,14,23H,5,10-13,16-19H2,1-4H3. The predicted molar refractivity (Wildman–Crippen MR) is 168 cm³/mol. The summed E-state index contributed by atoms with van der Waals surface area (Å²) >= 11 is 1.39. The van der Waals surface area contributed by atoms with E-state index in [1.807, 2.05) is 59.6 Å². The first kappa shape index (κ1) is 27.8. The molecule has 3 fully saturated rings. The Bertz CT molecular complexity index is 1730. The zero-order chi connectivity index (χ0) is 29.9. The van der Waals surface area contributed by atoms with Gasteiger partial charge in [-0.05, 0) is 39.7 Å². The van der Waals surface area contributed by atoms with Gasteiger partial charge in [-0.25, -0.2) is 14.6 Å². The summed E-state index contributed by atoms with van der Waals surface area (Å²) in [5, 5.41) is 16.4. The van der Waals surface area contributed by atoms with E-state index in [4.69, 9.17) is 19.8 Å². The lowest BCUT2D eigenvalue weighted by Crippen LogP contribution is -2.73. The maximum absolute atomic E-state index is 13.0. The van der Waals surface area contributed by atoms with Crippen molar-refractivity contribution in [3.05, 3.63) is 46.5 Å². The first-order chi connectivity index (χ1) is 20.8. The second-order valence-corrected chi connectivity index (χ2v) is 13.2. The number of rotatable bonds is 6. The number of anilines is 3. The molecule has 0 unspecified atom stereocenters. The van der Waals surface area contributed by atoms with Crippen LogP contribution in [-0.4, -0.2) is 77.0 Å². The van der Waals surface area contributed by atoms with Gasteiger partial charge in [0, 0.05) is 69.9 Å². The van der Waals surface area contributed by atoms with Crippen molar-refractivity contribution in [2.45, 2.75) is 40.2 Å². The second-order valence-electron chi connectivity index (χ2n) is 12.3. The zero-order valence-electron chi connectivity index (χ0n) is 25.1. The van der Waals surface area contributed by atoms with E-state index < -0.39 is 0 Å². The molecule has 3 aromatic heterocycles. The van der Waals surface area contributed by atoms with E-state index in [9.17, 15) is 10.1 Å². The van der Waals surface area contributed by atoms with Crippen molar-refractivity contribution in [2.75, 3.05) is 56.2 Å². The minimum absolute atomic E-state index is 0.122. The smallest absolute Gasteiger partial charge is 0.225 e. The summed E-state index contributed by atoms with van der Waals surface area (Å²) in [6, 6.07) is 12.7. The lowest BCUT2D eigenvalue weighted by Gasteiger charge is -2.61. The Morgan fingerprint density at radius 3 is 2.53 bits per heavy atom. The number of benzene rings is 1. The fourth-order valence-electron chi connectivity index (χ4n) is 6.80. The molecule has 0 N–H and O–H groups in total. The van der Waals surface area contributed by atoms with Gasteiger partial charge >= 0.3 is 0 Å². The summed E-state index contributed by atoms with van der Waals surface area (Å²) in [4.78, 5) is 29.9. The van der Waals surface area contributed by atoms with E-state index in [0.717, 1.165) is 77.9 Å². The number of amides is 1. The summed E-state index contributed by atoms with van der Waals surface area (Å²) in [6.45, 7) is 11.7. The molecule has 222 valence electrons. The molecule has 0 atom stereocenters. The molecule has 1 spiro atoms. The molecule has 1 amide bonds. The number of nitriles is 1. The number of fused-ring (bicyclic) bond motifs is 1. The number of thiazole rings is 1. The maximum atomic E-state index is 13.0. The largest absolute Gasteiger partial charge is 0.381 e. The Kier molecular flexibility index (Phi) is 6.86. The summed E-state index contributed by atoms with van der Waals surface area (Å²) in [6.07, 6.45) is 1.68. The molecule has 10 nitrogen and oxygen atoms in total. The molecule has 3 saturated heterocycles. The first-order valence-corrected chi connectivity index (χ1v) is 15.8. The number of likely N-dealkylation sites (tertiary alicyclic amines) is 1. The monoisotopic (exact) mass is 596 g/mol. The minimum Gasteiger partial charge on any atom is -0.381 e. The van der Waals surface area contributed by atoms with Crippen molar-refractivity contribution < 1.29 is 9.53 Å². The molecule has 0 saturated carbocycles. The van der Waals surface area contributed by atoms with E-state index in [-0.39, 0.29) is 11.3 Å². The highest BCUT2D eigenvalue weighted by molar-refractivity contribution is 7.16. The van der Waals surface area contributed by atoms with Gasteiger partial charge in [0.05, 0.1) is 16.8 Å². The van der Waals surface area contributed by atoms with Crippen LogP contribution in [0.4, 0.5) is 16.6 Å². The van der Waals surface area contributed by atoms with Crippen LogP contribution in [0, 0.1) is 36.5 Å². The summed E-state index contributed by atoms with van der Waals surface area (Å²) in [5.74, 6) is 1.34. The number of pyridine rings is 1. The van der Waals surface area contributed by atoms with Crippen LogP contribution < -0.4 is 9.80 Å². The second kappa shape index (κ2) is 10.6. The number of hydrogen-bond acceptors (Lipinski definition) is 9. The van der Waals surface area contributed by atoms with Gasteiger partial charge in [0.1, 0.15) is 22.5 Å². The van der Waals surface area contributed by atoms with Crippen molar-refractivity contribution in [3.63, 3.8) is 0 Å². The molecule has 0 bridgehead atoms. The van der Waals surface area contributed by atoms with Gasteiger partial charge in [-0.3, -0.25) is 4.79 Å². The molecule has 0 aliphatic carbocycles. The van der Waals surface area contributed by atoms with E-state index in [1.165, 1.54) is 11.3 Å². The van der Waals surface area contributed by atoms with Crippen LogP contribution in [0.25, 0.3) is 22.3 Å². The molecule has 4 aromatic rings. The molecule has 7 rings (SSSR count). The van der Waals surface area contributed by atoms with Crippen LogP contribution in [0.3, 0.4) is 0 Å². The number of hydrogen-bond donors (Lipinski definition) is 0. The van der Waals surface area contributed by atoms with Gasteiger partial charge in [0.25, 0.3) is 0 Å². The highest BCUT2D eigenvalue weighted by Crippen LogP contribution is 2.45. The fourth-order valence-corrected chi connectivity index (χ4v) is 7.65. The molecular formula is C32H36N8O2S. The average molecular weight is 597 g/mol. The first-order valence-electron chi connectivity index (χ1n) is 15.0. The van der Waals surface area contributed by atoms with Crippen molar-refractivity contribution >= 4 is 44.9 Å². The predicted octanol–water partition coefficient (Wildman–Crippen LogP) is 4.91. The lowest BCUT2D eigenvalue weighted by atomic mass is 9.72. The van der Waals surface area contributed by atoms with Crippen molar-refractivity contribution in [2.24, 2.45) is 11.3 Å². The fraction of sp³-hybridized carbons (Fsp3) is 0.469. The number of ether oxygens (including phenoxy) is 1. The van der Waals surface area contributed by atoms with E-state index in [0.29, 0.717) is 41.9 Å². The van der Waals surface area contributed by atoms with Gasteiger partial charge in [-0.15, -0.1) is 0 Å². The van der Waals surface area contributed by atoms with E-state index >= 15 is 0 Å². The molecule has 0 radical (unpaired) electrons. The summed E-state index contributed by atoms with van der Waals surface area (Å²) < 4.78 is 7.40. The van der Waals surface area contributed by atoms with Gasteiger partial charge in [0.2, 0.25) is 5.91 Å². The molecule has 6 heterocycles. The van der Waals surface area contributed by atoms with Crippen molar-refractivity contribution in [1.82, 2.24) is 24.6 Å². The third-order valence-corrected chi connectivity index (χ3v) is 10.2. The summed E-state index contributed by atoms with van der Waals surface area (Å²) in [5.41, 5.74) is 5.74. The Hall–Kier alpha value is -4.01. The van der Waals surface area contributed by atoms with Crippen LogP contribution in [-0.2, 0) is 16.1 Å². The van der Waals surface area contributed by atoms with Gasteiger partial charge in [-0.1, -0.05) is 41.2 Å². The number of aryl methyl sites for hydroxylation is 3. The number of carbonyl (C=O) groups is 1. The van der Waals surface area contributed by atoms with E-state index in [2.05, 4.69) is 24.0 Å². The highest BCUT2D eigenvalue weighted by Gasteiger charge is 2.54. The molecule has 3 aliphatic rings. The molecule has 11 heteroatoms. The number of nitrogens with zero attached hydrogens (tertiary/aromatic N) is 8. The van der Waals surface area contributed by atoms with Crippen LogP contribution in [0.5, 0.6) is 0 Å². The molecule has 1 aromatic carbocycles. The Morgan fingerprint density at radius 1 is 1.14 bits per heavy atom. The van der Waals surface area contributed by atoms with Crippen LogP contribution in [0.1, 0.15) is 35.9 Å². The average Bonchev–Trinajstić information content (AvgIpc) is 3.57. The van der Waals surface area contributed by atoms with Gasteiger partial charge in [-0.2, -0.15) is 10.4 Å². The van der Waals surface area contributed by atoms with Crippen LogP contribution in [0.15, 0.2) is 30.3 Å². The zero-order valence-corrected chi connectivity index (χ0v) is 25.9. The lowest BCUT2D eigenvalue weighted by molar-refractivity contribution is -0.152. The number of carbonyl (C=O) groups excluding carboxylic acids is 1. The maximum Gasteiger partial charge on any atom is 0.225 e. The van der Waals surface area contributed by atoms with Crippen molar-refractivity contribution in [1.29, 1.82) is 5.26 Å². The summed E-state index contributed by atoms with van der Waals surface area (Å²) in [7, 11) is 1.98. The minimum atomic E-state index is 0.122. The topological polar surface area (TPSA) is 103 Å². The SMILES string of the molecule is CCn1nc2nc(C)c(N3CC4(CN(C(=O)C5CCOCC5)C4)C3)cc2c1N(C)c1nc(-c2ccc(C)cc2)c(C#N)s1. The molecular weight excluding hydrogens is 560 g/mol. The van der Waals surface area contributed by atoms with Gasteiger partial charge < -0.3 is 19.4 Å². The molecule has 3 aliphatic heterocycles. The van der Waals surface area contributed by atoms with Crippen LogP contribution in [0.2, 0.25) is 0 Å². The van der Waals surface area contributed by atoms with Crippen molar-refractivity contribution in [3.8, 4) is 17.3 Å². The number of aromatic nitrogens is 4. The van der Waals surface area contributed by atoms with Gasteiger partial charge in [0.15, 0.2) is 10.8 Å². The third-order valence-electron chi connectivity index (χ3n) is 9.14. The third kappa shape index (κ3) is 4.73.